The van der Waals surface area contributed by atoms with Crippen LogP contribution < -0.4 is 14.4 Å². The van der Waals surface area contributed by atoms with E-state index in [9.17, 15) is 13.2 Å². The molecule has 6 nitrogen and oxygen atoms in total. The molecule has 0 fully saturated rings. The van der Waals surface area contributed by atoms with Crippen molar-refractivity contribution in [2.45, 2.75) is 19.9 Å². The van der Waals surface area contributed by atoms with Crippen molar-refractivity contribution in [3.05, 3.63) is 71.2 Å². The van der Waals surface area contributed by atoms with Crippen molar-refractivity contribution < 1.29 is 17.9 Å². The highest BCUT2D eigenvalue weighted by molar-refractivity contribution is 7.92. The highest BCUT2D eigenvalue weighted by Gasteiger charge is 2.30. The topological polar surface area (TPSA) is 75.7 Å². The molecule has 0 spiro atoms. The van der Waals surface area contributed by atoms with Crippen LogP contribution in [0.4, 0.5) is 5.69 Å². The Morgan fingerprint density at radius 3 is 2.58 bits per heavy atom. The lowest BCUT2D eigenvalue weighted by atomic mass is 10.1. The molecule has 3 rings (SSSR count). The molecule has 0 radical (unpaired) electrons. The molecular formula is C23H25ClN2O4S. The summed E-state index contributed by atoms with van der Waals surface area (Å²) >= 11 is 6.06. The molecule has 0 aliphatic heterocycles. The number of rotatable bonds is 8. The molecule has 0 heterocycles. The third-order valence-corrected chi connectivity index (χ3v) is 6.37. The van der Waals surface area contributed by atoms with Crippen molar-refractivity contribution >= 4 is 44.0 Å². The second kappa shape index (κ2) is 9.58. The van der Waals surface area contributed by atoms with Gasteiger partial charge in [-0.3, -0.25) is 9.10 Å². The Balaban J connectivity index is 1.66. The minimum atomic E-state index is -3.72. The maximum atomic E-state index is 12.7. The van der Waals surface area contributed by atoms with E-state index in [-0.39, 0.29) is 13.2 Å². The minimum absolute atomic E-state index is 0.235. The van der Waals surface area contributed by atoms with Crippen LogP contribution in [-0.4, -0.2) is 39.8 Å². The molecule has 0 saturated carbocycles. The van der Waals surface area contributed by atoms with E-state index in [0.29, 0.717) is 16.3 Å². The minimum Gasteiger partial charge on any atom is -0.491 e. The zero-order chi connectivity index (χ0) is 22.6. The molecule has 164 valence electrons. The van der Waals surface area contributed by atoms with Crippen molar-refractivity contribution in [2.75, 3.05) is 23.7 Å². The average molecular weight is 461 g/mol. The molecule has 1 unspecified atom stereocenters. The molecule has 31 heavy (non-hydrogen) atoms. The standard InChI is InChI=1S/C23H25ClN2O4S/c1-16-11-12-19(24)15-21(16)26(31(3,28)29)17(2)23(27)25-13-14-30-22-10-6-8-18-7-4-5-9-20(18)22/h4-12,15,17H,13-14H2,1-3H3,(H,25,27). The van der Waals surface area contributed by atoms with Crippen LogP contribution in [0.1, 0.15) is 12.5 Å². The molecule has 1 N–H and O–H groups in total. The van der Waals surface area contributed by atoms with Gasteiger partial charge in [0.2, 0.25) is 15.9 Å². The number of carbonyl (C=O) groups is 1. The molecule has 0 aliphatic rings. The summed E-state index contributed by atoms with van der Waals surface area (Å²) < 4.78 is 31.8. The predicted molar refractivity (Wildman–Crippen MR) is 125 cm³/mol. The lowest BCUT2D eigenvalue weighted by Gasteiger charge is -2.29. The van der Waals surface area contributed by atoms with E-state index in [1.165, 1.54) is 0 Å². The highest BCUT2D eigenvalue weighted by Crippen LogP contribution is 2.28. The number of amides is 1. The number of benzene rings is 3. The van der Waals surface area contributed by atoms with E-state index >= 15 is 0 Å². The molecular weight excluding hydrogens is 436 g/mol. The SMILES string of the molecule is Cc1ccc(Cl)cc1N(C(C)C(=O)NCCOc1cccc2ccccc12)S(C)(=O)=O. The Morgan fingerprint density at radius 1 is 1.13 bits per heavy atom. The smallest absolute Gasteiger partial charge is 0.243 e. The second-order valence-corrected chi connectivity index (χ2v) is 9.58. The van der Waals surface area contributed by atoms with Crippen LogP contribution in [0.25, 0.3) is 10.8 Å². The van der Waals surface area contributed by atoms with E-state index in [1.54, 1.807) is 32.0 Å². The molecule has 0 bridgehead atoms. The summed E-state index contributed by atoms with van der Waals surface area (Å²) in [6, 6.07) is 17.7. The number of aryl methyl sites for hydroxylation is 1. The molecule has 0 aromatic heterocycles. The summed E-state index contributed by atoms with van der Waals surface area (Å²) in [5, 5.41) is 5.21. The maximum absolute atomic E-state index is 12.7. The van der Waals surface area contributed by atoms with Crippen LogP contribution in [0.5, 0.6) is 5.75 Å². The molecule has 8 heteroatoms. The number of anilines is 1. The normalized spacial score (nSPS) is 12.4. The molecule has 0 saturated heterocycles. The third-order valence-electron chi connectivity index (χ3n) is 4.91. The van der Waals surface area contributed by atoms with Crippen molar-refractivity contribution in [3.63, 3.8) is 0 Å². The van der Waals surface area contributed by atoms with E-state index in [4.69, 9.17) is 16.3 Å². The highest BCUT2D eigenvalue weighted by atomic mass is 35.5. The van der Waals surface area contributed by atoms with Gasteiger partial charge in [-0.05, 0) is 43.0 Å². The average Bonchev–Trinajstić information content (AvgIpc) is 2.72. The number of hydrogen-bond acceptors (Lipinski definition) is 4. The van der Waals surface area contributed by atoms with Crippen molar-refractivity contribution in [1.29, 1.82) is 0 Å². The van der Waals surface area contributed by atoms with Crippen molar-refractivity contribution in [1.82, 2.24) is 5.32 Å². The first-order chi connectivity index (χ1) is 14.7. The van der Waals surface area contributed by atoms with Gasteiger partial charge in [0.1, 0.15) is 18.4 Å². The van der Waals surface area contributed by atoms with Gasteiger partial charge in [0, 0.05) is 10.4 Å². The first-order valence-corrected chi connectivity index (χ1v) is 12.0. The third kappa shape index (κ3) is 5.48. The molecule has 1 atom stereocenters. The van der Waals surface area contributed by atoms with Gasteiger partial charge >= 0.3 is 0 Å². The first-order valence-electron chi connectivity index (χ1n) is 9.82. The van der Waals surface area contributed by atoms with Crippen LogP contribution in [0.3, 0.4) is 0 Å². The van der Waals surface area contributed by atoms with Gasteiger partial charge in [0.15, 0.2) is 0 Å². The lowest BCUT2D eigenvalue weighted by molar-refractivity contribution is -0.121. The van der Waals surface area contributed by atoms with Crippen molar-refractivity contribution in [3.8, 4) is 5.75 Å². The van der Waals surface area contributed by atoms with Crippen LogP contribution in [0.15, 0.2) is 60.7 Å². The van der Waals surface area contributed by atoms with Gasteiger partial charge in [0.25, 0.3) is 0 Å². The quantitative estimate of drug-likeness (QED) is 0.512. The van der Waals surface area contributed by atoms with Gasteiger partial charge in [-0.15, -0.1) is 0 Å². The van der Waals surface area contributed by atoms with Gasteiger partial charge in [0.05, 0.1) is 18.5 Å². The fourth-order valence-corrected chi connectivity index (χ4v) is 4.80. The fraction of sp³-hybridized carbons (Fsp3) is 0.261. The van der Waals surface area contributed by atoms with E-state index in [0.717, 1.165) is 27.1 Å². The van der Waals surface area contributed by atoms with E-state index in [2.05, 4.69) is 5.32 Å². The van der Waals surface area contributed by atoms with E-state index < -0.39 is 22.0 Å². The monoisotopic (exact) mass is 460 g/mol. The summed E-state index contributed by atoms with van der Waals surface area (Å²) in [6.07, 6.45) is 1.07. The van der Waals surface area contributed by atoms with Crippen LogP contribution in [0, 0.1) is 6.92 Å². The molecule has 1 amide bonds. The summed E-state index contributed by atoms with van der Waals surface area (Å²) in [7, 11) is -3.72. The van der Waals surface area contributed by atoms with Gasteiger partial charge in [-0.1, -0.05) is 54.1 Å². The predicted octanol–water partition coefficient (Wildman–Crippen LogP) is 4.15. The summed E-state index contributed by atoms with van der Waals surface area (Å²) in [5.41, 5.74) is 1.08. The Morgan fingerprint density at radius 2 is 1.84 bits per heavy atom. The number of nitrogens with zero attached hydrogens (tertiary/aromatic N) is 1. The van der Waals surface area contributed by atoms with Gasteiger partial charge in [-0.25, -0.2) is 8.42 Å². The number of nitrogens with one attached hydrogen (secondary N) is 1. The number of hydrogen-bond donors (Lipinski definition) is 1. The lowest BCUT2D eigenvalue weighted by Crippen LogP contribution is -2.48. The Kier molecular flexibility index (Phi) is 7.08. The Labute approximate surface area is 187 Å². The largest absolute Gasteiger partial charge is 0.491 e. The molecule has 3 aromatic rings. The zero-order valence-corrected chi connectivity index (χ0v) is 19.2. The van der Waals surface area contributed by atoms with Crippen LogP contribution in [-0.2, 0) is 14.8 Å². The second-order valence-electron chi connectivity index (χ2n) is 7.28. The Bertz CT molecular complexity index is 1190. The van der Waals surface area contributed by atoms with Gasteiger partial charge in [-0.2, -0.15) is 0 Å². The molecule has 0 aliphatic carbocycles. The number of ether oxygens (including phenoxy) is 1. The first kappa shape index (κ1) is 22.9. The number of fused-ring (bicyclic) bond motifs is 1. The number of sulfonamides is 1. The molecule has 3 aromatic carbocycles. The van der Waals surface area contributed by atoms with Crippen molar-refractivity contribution in [2.24, 2.45) is 0 Å². The maximum Gasteiger partial charge on any atom is 0.243 e. The zero-order valence-electron chi connectivity index (χ0n) is 17.6. The fourth-order valence-electron chi connectivity index (χ4n) is 3.41. The van der Waals surface area contributed by atoms with Crippen LogP contribution in [0.2, 0.25) is 5.02 Å². The summed E-state index contributed by atoms with van der Waals surface area (Å²) in [6.45, 7) is 3.80. The summed E-state index contributed by atoms with van der Waals surface area (Å²) in [4.78, 5) is 12.7. The summed E-state index contributed by atoms with van der Waals surface area (Å²) in [5.74, 6) is 0.305. The van der Waals surface area contributed by atoms with E-state index in [1.807, 2.05) is 42.5 Å². The Hall–Kier alpha value is -2.77. The number of carbonyl (C=O) groups excluding carboxylic acids is 1. The van der Waals surface area contributed by atoms with Crippen LogP contribution >= 0.6 is 11.6 Å². The van der Waals surface area contributed by atoms with Gasteiger partial charge < -0.3 is 10.1 Å². The number of halogens is 1.